The van der Waals surface area contributed by atoms with Crippen molar-refractivity contribution in [3.63, 3.8) is 0 Å². The van der Waals surface area contributed by atoms with E-state index in [1.54, 1.807) is 30.3 Å². The molecular formula is C24H25NO4. The first kappa shape index (κ1) is 20.4. The van der Waals surface area contributed by atoms with E-state index in [4.69, 9.17) is 9.47 Å². The number of hydrogen-bond donors (Lipinski definition) is 1. The molecule has 29 heavy (non-hydrogen) atoms. The van der Waals surface area contributed by atoms with E-state index in [1.807, 2.05) is 44.2 Å². The summed E-state index contributed by atoms with van der Waals surface area (Å²) in [5.74, 6) is 0.236. The average molecular weight is 391 g/mol. The molecule has 0 fully saturated rings. The molecule has 1 aliphatic rings. The van der Waals surface area contributed by atoms with Gasteiger partial charge < -0.3 is 14.8 Å². The van der Waals surface area contributed by atoms with Crippen LogP contribution in [-0.4, -0.2) is 24.6 Å². The standard InChI is InChI=1S/C24H25NO4/c1-3-4-15-28-24(27)18-9-12-21(13-10-18)25-23(26)14-11-19-16-20-7-5-6-8-22(20)29-17(19)2/h5-14,16-17H,3-4,15H2,1-2H3,(H,25,26)/b14-11+. The molecule has 0 saturated heterocycles. The molecule has 3 rings (SSSR count). The predicted octanol–water partition coefficient (Wildman–Crippen LogP) is 5.00. The molecule has 0 spiro atoms. The number of benzene rings is 2. The second-order valence-electron chi connectivity index (χ2n) is 6.83. The summed E-state index contributed by atoms with van der Waals surface area (Å²) in [6.45, 7) is 4.40. The molecule has 0 aromatic heterocycles. The van der Waals surface area contributed by atoms with Gasteiger partial charge in [-0.25, -0.2) is 4.79 Å². The van der Waals surface area contributed by atoms with Crippen molar-refractivity contribution < 1.29 is 19.1 Å². The minimum Gasteiger partial charge on any atom is -0.485 e. The van der Waals surface area contributed by atoms with Crippen LogP contribution in [-0.2, 0) is 9.53 Å². The molecule has 150 valence electrons. The molecule has 1 atom stereocenters. The van der Waals surface area contributed by atoms with E-state index < -0.39 is 0 Å². The summed E-state index contributed by atoms with van der Waals surface area (Å²) in [4.78, 5) is 24.2. The van der Waals surface area contributed by atoms with E-state index in [1.165, 1.54) is 6.08 Å². The first-order valence-electron chi connectivity index (χ1n) is 9.80. The lowest BCUT2D eigenvalue weighted by molar-refractivity contribution is -0.111. The number of hydrogen-bond acceptors (Lipinski definition) is 4. The number of nitrogens with one attached hydrogen (secondary N) is 1. The van der Waals surface area contributed by atoms with Gasteiger partial charge in [-0.15, -0.1) is 0 Å². The van der Waals surface area contributed by atoms with Crippen molar-refractivity contribution in [2.24, 2.45) is 0 Å². The van der Waals surface area contributed by atoms with Gasteiger partial charge in [0.1, 0.15) is 11.9 Å². The zero-order chi connectivity index (χ0) is 20.6. The van der Waals surface area contributed by atoms with E-state index in [-0.39, 0.29) is 18.0 Å². The molecule has 1 N–H and O–H groups in total. The Bertz CT molecular complexity index is 928. The summed E-state index contributed by atoms with van der Waals surface area (Å²) in [5.41, 5.74) is 2.99. The van der Waals surface area contributed by atoms with Crippen LogP contribution in [0, 0.1) is 0 Å². The fourth-order valence-corrected chi connectivity index (χ4v) is 2.88. The van der Waals surface area contributed by atoms with Gasteiger partial charge in [0.05, 0.1) is 12.2 Å². The van der Waals surface area contributed by atoms with Crippen LogP contribution in [0.25, 0.3) is 6.08 Å². The third-order valence-electron chi connectivity index (χ3n) is 4.56. The lowest BCUT2D eigenvalue weighted by Gasteiger charge is -2.22. The number of carbonyl (C=O) groups excluding carboxylic acids is 2. The van der Waals surface area contributed by atoms with E-state index in [0.29, 0.717) is 17.9 Å². The van der Waals surface area contributed by atoms with Crippen LogP contribution < -0.4 is 10.1 Å². The number of anilines is 1. The molecule has 0 radical (unpaired) electrons. The fraction of sp³-hybridized carbons (Fsp3) is 0.250. The second-order valence-corrected chi connectivity index (χ2v) is 6.83. The van der Waals surface area contributed by atoms with Crippen molar-refractivity contribution in [1.29, 1.82) is 0 Å². The highest BCUT2D eigenvalue weighted by Gasteiger charge is 2.16. The Morgan fingerprint density at radius 1 is 1.14 bits per heavy atom. The summed E-state index contributed by atoms with van der Waals surface area (Å²) in [5, 5.41) is 2.79. The van der Waals surface area contributed by atoms with Gasteiger partial charge in [-0.2, -0.15) is 0 Å². The molecule has 1 amide bonds. The Morgan fingerprint density at radius 2 is 1.90 bits per heavy atom. The van der Waals surface area contributed by atoms with Gasteiger partial charge >= 0.3 is 5.97 Å². The van der Waals surface area contributed by atoms with Crippen LogP contribution in [0.15, 0.2) is 66.3 Å². The van der Waals surface area contributed by atoms with Gasteiger partial charge in [0, 0.05) is 17.3 Å². The first-order valence-corrected chi connectivity index (χ1v) is 9.80. The van der Waals surface area contributed by atoms with Gasteiger partial charge in [-0.3, -0.25) is 4.79 Å². The maximum Gasteiger partial charge on any atom is 0.338 e. The minimum atomic E-state index is -0.352. The Hall–Kier alpha value is -3.34. The van der Waals surface area contributed by atoms with Gasteiger partial charge in [-0.05, 0) is 61.4 Å². The van der Waals surface area contributed by atoms with Crippen molar-refractivity contribution in [2.75, 3.05) is 11.9 Å². The van der Waals surface area contributed by atoms with E-state index in [0.717, 1.165) is 29.7 Å². The van der Waals surface area contributed by atoms with Crippen LogP contribution in [0.3, 0.4) is 0 Å². The maximum atomic E-state index is 12.2. The molecule has 5 nitrogen and oxygen atoms in total. The topological polar surface area (TPSA) is 64.6 Å². The lowest BCUT2D eigenvalue weighted by atomic mass is 10.0. The quantitative estimate of drug-likeness (QED) is 0.410. The average Bonchev–Trinajstić information content (AvgIpc) is 2.73. The molecule has 2 aromatic carbocycles. The third-order valence-corrected chi connectivity index (χ3v) is 4.56. The van der Waals surface area contributed by atoms with Gasteiger partial charge in [0.25, 0.3) is 0 Å². The Balaban J connectivity index is 1.58. The Labute approximate surface area is 171 Å². The predicted molar refractivity (Wildman–Crippen MR) is 114 cm³/mol. The normalized spacial score (nSPS) is 15.2. The number of rotatable bonds is 7. The SMILES string of the molecule is CCCCOC(=O)c1ccc(NC(=O)/C=C/C2=Cc3ccccc3OC2C)cc1. The molecule has 0 bridgehead atoms. The van der Waals surface area contributed by atoms with Crippen LogP contribution in [0.5, 0.6) is 5.75 Å². The molecule has 1 unspecified atom stereocenters. The zero-order valence-electron chi connectivity index (χ0n) is 16.7. The third kappa shape index (κ3) is 5.57. The van der Waals surface area contributed by atoms with Crippen molar-refractivity contribution in [1.82, 2.24) is 0 Å². The molecule has 5 heteroatoms. The number of ether oxygens (including phenoxy) is 2. The number of amides is 1. The first-order chi connectivity index (χ1) is 14.1. The monoisotopic (exact) mass is 391 g/mol. The molecule has 0 aliphatic carbocycles. The number of para-hydroxylation sites is 1. The van der Waals surface area contributed by atoms with Gasteiger partial charge in [0.2, 0.25) is 5.91 Å². The Morgan fingerprint density at radius 3 is 2.66 bits per heavy atom. The van der Waals surface area contributed by atoms with Gasteiger partial charge in [-0.1, -0.05) is 31.5 Å². The largest absolute Gasteiger partial charge is 0.485 e. The number of esters is 1. The Kier molecular flexibility index (Phi) is 6.85. The molecule has 2 aromatic rings. The van der Waals surface area contributed by atoms with Crippen LogP contribution in [0.4, 0.5) is 5.69 Å². The van der Waals surface area contributed by atoms with Crippen LogP contribution in [0.2, 0.25) is 0 Å². The lowest BCUT2D eigenvalue weighted by Crippen LogP contribution is -2.18. The van der Waals surface area contributed by atoms with E-state index in [2.05, 4.69) is 5.32 Å². The zero-order valence-corrected chi connectivity index (χ0v) is 16.7. The molecule has 0 saturated carbocycles. The molecule has 1 aliphatic heterocycles. The second kappa shape index (κ2) is 9.73. The molecular weight excluding hydrogens is 366 g/mol. The van der Waals surface area contributed by atoms with E-state index >= 15 is 0 Å². The summed E-state index contributed by atoms with van der Waals surface area (Å²) in [7, 11) is 0. The summed E-state index contributed by atoms with van der Waals surface area (Å²) in [6, 6.07) is 14.4. The summed E-state index contributed by atoms with van der Waals surface area (Å²) < 4.78 is 11.0. The van der Waals surface area contributed by atoms with E-state index in [9.17, 15) is 9.59 Å². The number of fused-ring (bicyclic) bond motifs is 1. The minimum absolute atomic E-state index is 0.132. The van der Waals surface area contributed by atoms with Crippen molar-refractivity contribution in [2.45, 2.75) is 32.8 Å². The highest BCUT2D eigenvalue weighted by atomic mass is 16.5. The van der Waals surface area contributed by atoms with Crippen LogP contribution >= 0.6 is 0 Å². The highest BCUT2D eigenvalue weighted by molar-refractivity contribution is 6.00. The van der Waals surface area contributed by atoms with Crippen molar-refractivity contribution in [3.05, 3.63) is 77.4 Å². The van der Waals surface area contributed by atoms with Crippen LogP contribution in [0.1, 0.15) is 42.6 Å². The van der Waals surface area contributed by atoms with Crippen molar-refractivity contribution in [3.8, 4) is 5.75 Å². The fourth-order valence-electron chi connectivity index (χ4n) is 2.88. The van der Waals surface area contributed by atoms with Gasteiger partial charge in [0.15, 0.2) is 0 Å². The number of carbonyl (C=O) groups is 2. The summed E-state index contributed by atoms with van der Waals surface area (Å²) >= 11 is 0. The molecule has 1 heterocycles. The summed E-state index contributed by atoms with van der Waals surface area (Å²) in [6.07, 6.45) is 6.94. The highest BCUT2D eigenvalue weighted by Crippen LogP contribution is 2.29. The maximum absolute atomic E-state index is 12.2. The van der Waals surface area contributed by atoms with Crippen molar-refractivity contribution >= 4 is 23.6 Å². The number of unbranched alkanes of at least 4 members (excludes halogenated alkanes) is 1. The smallest absolute Gasteiger partial charge is 0.338 e.